The Balaban J connectivity index is 1.53. The molecule has 25 nitrogen and oxygen atoms in total. The van der Waals surface area contributed by atoms with Crippen molar-refractivity contribution in [3.63, 3.8) is 0 Å². The normalized spacial score (nSPS) is 13.4. The second-order valence-electron chi connectivity index (χ2n) is 20.2. The second-order valence-corrected chi connectivity index (χ2v) is 20.2. The van der Waals surface area contributed by atoms with Crippen LogP contribution in [0.15, 0.2) is 89.9 Å². The number of unbranched alkanes of at least 4 members (excludes halogenated alkanes) is 5. The van der Waals surface area contributed by atoms with Crippen molar-refractivity contribution >= 4 is 64.3 Å². The summed E-state index contributed by atoms with van der Waals surface area (Å²) in [6.07, 6.45) is 11.3. The van der Waals surface area contributed by atoms with Crippen molar-refractivity contribution in [3.05, 3.63) is 112 Å². The zero-order valence-corrected chi connectivity index (χ0v) is 49.2. The Morgan fingerprint density at radius 3 is 1.46 bits per heavy atom. The van der Waals surface area contributed by atoms with Crippen molar-refractivity contribution < 1.29 is 57.3 Å². The van der Waals surface area contributed by atoms with Gasteiger partial charge in [0.1, 0.15) is 35.4 Å². The van der Waals surface area contributed by atoms with Gasteiger partial charge in [-0.2, -0.15) is 0 Å². The van der Waals surface area contributed by atoms with Gasteiger partial charge >= 0.3 is 0 Å². The molecule has 0 bridgehead atoms. The average Bonchev–Trinajstić information content (AvgIpc) is 3.87. The Morgan fingerprint density at radius 1 is 0.506 bits per heavy atom. The third-order valence-corrected chi connectivity index (χ3v) is 13.8. The highest BCUT2D eigenvalue weighted by atomic mass is 16.5. The quantitative estimate of drug-likeness (QED) is 0.0367. The molecule has 4 rings (SSSR count). The molecule has 0 saturated carbocycles. The smallest absolute Gasteiger partial charge is 0.255 e. The third-order valence-electron chi connectivity index (χ3n) is 13.8. The van der Waals surface area contributed by atoms with E-state index >= 15 is 0 Å². The summed E-state index contributed by atoms with van der Waals surface area (Å²) in [5, 5.41) is 19.7. The number of nitrogens with one attached hydrogen (secondary N) is 7. The number of ether oxygens (including phenoxy) is 4. The number of rotatable bonds is 38. The number of amides is 8. The summed E-state index contributed by atoms with van der Waals surface area (Å²) in [5.41, 5.74) is 36.9. The van der Waals surface area contributed by atoms with Gasteiger partial charge in [0.25, 0.3) is 17.7 Å². The zero-order valence-electron chi connectivity index (χ0n) is 49.2. The number of benzene rings is 3. The Labute approximate surface area is 496 Å². The van der Waals surface area contributed by atoms with Gasteiger partial charge in [0.05, 0.1) is 57.1 Å². The number of carbonyl (C=O) groups excluding carboxylic acids is 8. The minimum absolute atomic E-state index is 0.00666. The molecule has 0 saturated heterocycles. The molecule has 19 N–H and O–H groups in total. The molecule has 1 aliphatic carbocycles. The van der Waals surface area contributed by atoms with Crippen LogP contribution >= 0.6 is 0 Å². The van der Waals surface area contributed by atoms with Crippen molar-refractivity contribution in [2.45, 2.75) is 127 Å². The van der Waals surface area contributed by atoms with Crippen LogP contribution in [0, 0.1) is 0 Å². The van der Waals surface area contributed by atoms with Crippen molar-refractivity contribution in [2.24, 2.45) is 34.4 Å². The molecule has 0 unspecified atom stereocenters. The summed E-state index contributed by atoms with van der Waals surface area (Å²) in [4.78, 5) is 109. The first-order chi connectivity index (χ1) is 40.9. The first-order valence-corrected chi connectivity index (χ1v) is 28.6. The Hall–Kier alpha value is -8.20. The molecule has 85 heavy (non-hydrogen) atoms. The van der Waals surface area contributed by atoms with Crippen LogP contribution in [-0.4, -0.2) is 126 Å². The summed E-state index contributed by atoms with van der Waals surface area (Å²) in [6, 6.07) is 9.88. The van der Waals surface area contributed by atoms with Crippen LogP contribution in [0.25, 0.3) is 0 Å². The second kappa shape index (κ2) is 37.2. The fraction of sp³-hybridized carbons (Fsp3) is 0.467. The topological polar surface area (TPSA) is 414 Å². The van der Waals surface area contributed by atoms with Gasteiger partial charge in [0, 0.05) is 29.9 Å². The van der Waals surface area contributed by atoms with Crippen LogP contribution < -0.4 is 81.1 Å². The maximum atomic E-state index is 14.2. The summed E-state index contributed by atoms with van der Waals surface area (Å²) >= 11 is 0. The Morgan fingerprint density at radius 2 is 0.965 bits per heavy atom. The van der Waals surface area contributed by atoms with Gasteiger partial charge in [0.15, 0.2) is 0 Å². The van der Waals surface area contributed by atoms with Gasteiger partial charge in [-0.05, 0) is 169 Å². The molecule has 0 aliphatic heterocycles. The van der Waals surface area contributed by atoms with Crippen LogP contribution in [0.3, 0.4) is 0 Å². The highest BCUT2D eigenvalue weighted by Gasteiger charge is 2.28. The lowest BCUT2D eigenvalue weighted by atomic mass is 10.0. The summed E-state index contributed by atoms with van der Waals surface area (Å²) in [5.74, 6) is -4.22. The number of hydrogen-bond donors (Lipinski definition) is 13. The number of anilines is 3. The Bertz CT molecular complexity index is 2860. The van der Waals surface area contributed by atoms with Crippen molar-refractivity contribution in [1.29, 1.82) is 0 Å². The predicted molar refractivity (Wildman–Crippen MR) is 325 cm³/mol. The number of nitrogens with two attached hydrogens (primary N) is 6. The van der Waals surface area contributed by atoms with Crippen molar-refractivity contribution in [2.75, 3.05) is 70.6 Å². The van der Waals surface area contributed by atoms with Gasteiger partial charge in [-0.3, -0.25) is 38.4 Å². The largest absolute Gasteiger partial charge is 0.496 e. The van der Waals surface area contributed by atoms with E-state index in [0.29, 0.717) is 113 Å². The van der Waals surface area contributed by atoms with Crippen LogP contribution in [0.2, 0.25) is 0 Å². The number of hydrogen-bond acceptors (Lipinski definition) is 17. The molecule has 8 amide bonds. The molecule has 1 aliphatic rings. The molecule has 464 valence electrons. The van der Waals surface area contributed by atoms with E-state index in [1.54, 1.807) is 36.4 Å². The number of primary amides is 1. The molecule has 3 aromatic rings. The van der Waals surface area contributed by atoms with Gasteiger partial charge in [-0.1, -0.05) is 31.4 Å². The lowest BCUT2D eigenvalue weighted by molar-refractivity contribution is -0.126. The molecule has 25 heteroatoms. The zero-order chi connectivity index (χ0) is 62.3. The molecular weight excluding hydrogens is 1090 g/mol. The van der Waals surface area contributed by atoms with E-state index in [4.69, 9.17) is 53.3 Å². The molecule has 3 aromatic carbocycles. The van der Waals surface area contributed by atoms with Gasteiger partial charge in [0.2, 0.25) is 29.5 Å². The molecule has 4 atom stereocenters. The van der Waals surface area contributed by atoms with Crippen molar-refractivity contribution in [3.8, 4) is 11.5 Å². The third kappa shape index (κ3) is 22.7. The van der Waals surface area contributed by atoms with Gasteiger partial charge < -0.3 is 90.6 Å². The Kier molecular flexibility index (Phi) is 30.3. The highest BCUT2D eigenvalue weighted by molar-refractivity contribution is 6.05. The van der Waals surface area contributed by atoms with E-state index in [2.05, 4.69) is 37.2 Å². The first-order valence-electron chi connectivity index (χ1n) is 28.6. The van der Waals surface area contributed by atoms with E-state index in [1.165, 1.54) is 64.8 Å². The van der Waals surface area contributed by atoms with E-state index < -0.39 is 71.4 Å². The summed E-state index contributed by atoms with van der Waals surface area (Å²) < 4.78 is 21.8. The van der Waals surface area contributed by atoms with Crippen LogP contribution in [-0.2, 0) is 51.3 Å². The standard InChI is InChI=1S/C60H87N13O12/c1-82-36-37-21-22-40(69-60(81)49(19-9-13-30-64)73-55(76)44-34-41(23-25-51(44)84-3)67-57(78)46(65)16-7-11-28-62)31-38(37)32-53(74)71-47(18-8-12-29-63)58(79)70-42-24-26-52(85-4)45(35-42)56(77)72-48(17-6-5-10-27-61)59(80)68-39-15-14-20-50(83-2)43(33-39)54(66)75/h15,20-26,31,33-35,46-49H,5-14,16-19,27-30,32,36,61-65H2,1-4H3,(H2,66,75)(H,67,78)(H,68,80)(H,69,81)(H,70,79)(H,71,74)(H,72,77)(H,73,76)/t46-,47-,48+,49+/m0/s1. The van der Waals surface area contributed by atoms with E-state index in [9.17, 15) is 38.4 Å². The molecule has 0 fully saturated rings. The lowest BCUT2D eigenvalue weighted by Gasteiger charge is -2.21. The van der Waals surface area contributed by atoms with Crippen LogP contribution in [0.5, 0.6) is 11.5 Å². The van der Waals surface area contributed by atoms with E-state index in [0.717, 1.165) is 6.42 Å². The van der Waals surface area contributed by atoms with E-state index in [-0.39, 0.29) is 77.6 Å². The average molecular weight is 1180 g/mol. The maximum absolute atomic E-state index is 14.2. The SMILES string of the molecule is COCc1ccc(NC(=O)[C@@H](CCCCN)NC(=O)c2cc(NC(=O)[C@@H](N)CCCCN)ccc2OC)cc1CC(=O)N[C@@H](CCCCN)C(=O)Nc1ccc(OC)c(C(=O)N[C@H](CCCCCN)C(=O)NC2=CCC=C(OC)C(C(N)=O)=C2)c1. The predicted octanol–water partition coefficient (Wildman–Crippen LogP) is 2.87. The number of carbonyl (C=O) groups is 8. The minimum atomic E-state index is -1.08. The fourth-order valence-corrected chi connectivity index (χ4v) is 9.17. The molecule has 0 aromatic heterocycles. The molecule has 0 spiro atoms. The minimum Gasteiger partial charge on any atom is -0.496 e. The molecule has 0 heterocycles. The van der Waals surface area contributed by atoms with Crippen LogP contribution in [0.4, 0.5) is 17.1 Å². The monoisotopic (exact) mass is 1180 g/mol. The molecule has 0 radical (unpaired) electrons. The highest BCUT2D eigenvalue weighted by Crippen LogP contribution is 2.27. The molecular formula is C60H87N13O12. The summed E-state index contributed by atoms with van der Waals surface area (Å²) in [7, 11) is 5.65. The first kappa shape index (κ1) is 69.3. The van der Waals surface area contributed by atoms with Gasteiger partial charge in [-0.25, -0.2) is 0 Å². The number of methoxy groups -OCH3 is 4. The lowest BCUT2D eigenvalue weighted by Crippen LogP contribution is -2.46. The van der Waals surface area contributed by atoms with Crippen LogP contribution in [0.1, 0.15) is 122 Å². The van der Waals surface area contributed by atoms with Gasteiger partial charge in [-0.15, -0.1) is 0 Å². The van der Waals surface area contributed by atoms with E-state index in [1.807, 2.05) is 0 Å². The fourth-order valence-electron chi connectivity index (χ4n) is 9.17. The summed E-state index contributed by atoms with van der Waals surface area (Å²) in [6.45, 7) is 1.72. The number of allylic oxidation sites excluding steroid dienone is 3. The maximum Gasteiger partial charge on any atom is 0.255 e. The van der Waals surface area contributed by atoms with Crippen molar-refractivity contribution in [1.82, 2.24) is 21.3 Å².